The average Bonchev–Trinajstić information content (AvgIpc) is 2.42. The molecule has 2 N–H and O–H groups in total. The summed E-state index contributed by atoms with van der Waals surface area (Å²) in [5, 5.41) is 7.48. The summed E-state index contributed by atoms with van der Waals surface area (Å²) in [4.78, 5) is 8.92. The van der Waals surface area contributed by atoms with Gasteiger partial charge in [0.15, 0.2) is 0 Å². The van der Waals surface area contributed by atoms with E-state index < -0.39 is 0 Å². The minimum absolute atomic E-state index is 0.273. The van der Waals surface area contributed by atoms with Gasteiger partial charge in [-0.3, -0.25) is 0 Å². The molecular formula is C15H18Cl2N4. The van der Waals surface area contributed by atoms with E-state index in [0.717, 1.165) is 23.6 Å². The van der Waals surface area contributed by atoms with Crippen LogP contribution in [0.2, 0.25) is 10.0 Å². The first-order chi connectivity index (χ1) is 9.97. The fourth-order valence-electron chi connectivity index (χ4n) is 1.79. The summed E-state index contributed by atoms with van der Waals surface area (Å²) >= 11 is 11.9. The smallest absolute Gasteiger partial charge is 0.225 e. The van der Waals surface area contributed by atoms with Crippen molar-refractivity contribution in [2.24, 2.45) is 0 Å². The van der Waals surface area contributed by atoms with Crippen molar-refractivity contribution in [2.45, 2.75) is 33.2 Å². The number of anilines is 3. The van der Waals surface area contributed by atoms with Gasteiger partial charge in [0.1, 0.15) is 5.82 Å². The van der Waals surface area contributed by atoms with Crippen molar-refractivity contribution in [3.63, 3.8) is 0 Å². The Morgan fingerprint density at radius 2 is 1.86 bits per heavy atom. The molecule has 21 heavy (non-hydrogen) atoms. The summed E-state index contributed by atoms with van der Waals surface area (Å²) in [7, 11) is 0. The van der Waals surface area contributed by atoms with E-state index in [0.29, 0.717) is 16.0 Å². The molecule has 1 aromatic carbocycles. The summed E-state index contributed by atoms with van der Waals surface area (Å²) in [5.74, 6) is 1.34. The van der Waals surface area contributed by atoms with Gasteiger partial charge in [0.05, 0.1) is 10.0 Å². The van der Waals surface area contributed by atoms with E-state index in [2.05, 4.69) is 27.5 Å². The molecule has 0 spiro atoms. The van der Waals surface area contributed by atoms with E-state index in [9.17, 15) is 0 Å². The molecule has 2 aromatic rings. The lowest BCUT2D eigenvalue weighted by molar-refractivity contribution is 0.865. The van der Waals surface area contributed by atoms with Gasteiger partial charge in [-0.2, -0.15) is 4.98 Å². The Kier molecular flexibility index (Phi) is 5.26. The molecular weight excluding hydrogens is 307 g/mol. The van der Waals surface area contributed by atoms with Crippen LogP contribution in [0.1, 0.15) is 26.5 Å². The van der Waals surface area contributed by atoms with Crippen molar-refractivity contribution in [2.75, 3.05) is 10.6 Å². The maximum absolute atomic E-state index is 6.02. The molecule has 0 bridgehead atoms. The van der Waals surface area contributed by atoms with Crippen LogP contribution in [0.3, 0.4) is 0 Å². The SMILES string of the molecule is CCc1cc(Nc2ccc(Cl)c(Cl)c2)nc(NC(C)C)n1. The second-order valence-electron chi connectivity index (χ2n) is 4.97. The number of aryl methyl sites for hydroxylation is 1. The number of benzene rings is 1. The van der Waals surface area contributed by atoms with Crippen LogP contribution in [0.25, 0.3) is 0 Å². The van der Waals surface area contributed by atoms with Gasteiger partial charge < -0.3 is 10.6 Å². The standard InChI is InChI=1S/C15H18Cl2N4/c1-4-10-8-14(21-15(20-10)18-9(2)3)19-11-5-6-12(16)13(17)7-11/h5-9H,4H2,1-3H3,(H2,18,19,20,21). The average molecular weight is 325 g/mol. The molecule has 0 unspecified atom stereocenters. The Labute approximate surface area is 134 Å². The van der Waals surface area contributed by atoms with E-state index in [1.165, 1.54) is 0 Å². The molecule has 6 heteroatoms. The van der Waals surface area contributed by atoms with Crippen LogP contribution >= 0.6 is 23.2 Å². The third-order valence-corrected chi connectivity index (χ3v) is 3.49. The molecule has 0 radical (unpaired) electrons. The van der Waals surface area contributed by atoms with Gasteiger partial charge in [-0.25, -0.2) is 4.98 Å². The summed E-state index contributed by atoms with van der Waals surface area (Å²) in [6, 6.07) is 7.58. The van der Waals surface area contributed by atoms with E-state index in [1.807, 2.05) is 26.0 Å². The van der Waals surface area contributed by atoms with Gasteiger partial charge in [-0.1, -0.05) is 30.1 Å². The number of hydrogen-bond acceptors (Lipinski definition) is 4. The van der Waals surface area contributed by atoms with Crippen molar-refractivity contribution in [3.05, 3.63) is 40.0 Å². The maximum atomic E-state index is 6.02. The summed E-state index contributed by atoms with van der Waals surface area (Å²) in [5.41, 5.74) is 1.80. The Hall–Kier alpha value is -1.52. The summed E-state index contributed by atoms with van der Waals surface area (Å²) in [6.07, 6.45) is 0.839. The number of hydrogen-bond donors (Lipinski definition) is 2. The zero-order valence-electron chi connectivity index (χ0n) is 12.2. The van der Waals surface area contributed by atoms with E-state index in [1.54, 1.807) is 12.1 Å². The van der Waals surface area contributed by atoms with Crippen LogP contribution in [0, 0.1) is 0 Å². The molecule has 0 atom stereocenters. The van der Waals surface area contributed by atoms with Crippen LogP contribution < -0.4 is 10.6 Å². The van der Waals surface area contributed by atoms with Crippen molar-refractivity contribution in [3.8, 4) is 0 Å². The number of nitrogens with zero attached hydrogens (tertiary/aromatic N) is 2. The largest absolute Gasteiger partial charge is 0.352 e. The highest BCUT2D eigenvalue weighted by Gasteiger charge is 2.06. The molecule has 1 heterocycles. The number of rotatable bonds is 5. The monoisotopic (exact) mass is 324 g/mol. The number of aromatic nitrogens is 2. The van der Waals surface area contributed by atoms with E-state index in [-0.39, 0.29) is 6.04 Å². The van der Waals surface area contributed by atoms with Gasteiger partial charge in [-0.05, 0) is 38.5 Å². The van der Waals surface area contributed by atoms with Gasteiger partial charge >= 0.3 is 0 Å². The molecule has 0 saturated heterocycles. The fourth-order valence-corrected chi connectivity index (χ4v) is 2.09. The lowest BCUT2D eigenvalue weighted by atomic mass is 10.3. The molecule has 0 saturated carbocycles. The number of nitrogens with one attached hydrogen (secondary N) is 2. The topological polar surface area (TPSA) is 49.8 Å². The van der Waals surface area contributed by atoms with E-state index >= 15 is 0 Å². The lowest BCUT2D eigenvalue weighted by Crippen LogP contribution is -2.14. The zero-order valence-corrected chi connectivity index (χ0v) is 13.8. The zero-order chi connectivity index (χ0) is 15.4. The molecule has 1 aromatic heterocycles. The Morgan fingerprint density at radius 3 is 2.48 bits per heavy atom. The lowest BCUT2D eigenvalue weighted by Gasteiger charge is -2.12. The van der Waals surface area contributed by atoms with Crippen molar-refractivity contribution >= 4 is 40.7 Å². The second kappa shape index (κ2) is 6.96. The molecule has 0 aliphatic carbocycles. The van der Waals surface area contributed by atoms with Gasteiger partial charge in [0.2, 0.25) is 5.95 Å². The third kappa shape index (κ3) is 4.48. The summed E-state index contributed by atoms with van der Waals surface area (Å²) < 4.78 is 0. The first-order valence-electron chi connectivity index (χ1n) is 6.84. The van der Waals surface area contributed by atoms with Gasteiger partial charge in [-0.15, -0.1) is 0 Å². The highest BCUT2D eigenvalue weighted by atomic mass is 35.5. The molecule has 0 aliphatic heterocycles. The first kappa shape index (κ1) is 15.9. The minimum atomic E-state index is 0.273. The third-order valence-electron chi connectivity index (χ3n) is 2.75. The van der Waals surface area contributed by atoms with Crippen LogP contribution in [0.4, 0.5) is 17.5 Å². The molecule has 112 valence electrons. The summed E-state index contributed by atoms with van der Waals surface area (Å²) in [6.45, 7) is 6.16. The van der Waals surface area contributed by atoms with Crippen LogP contribution in [0.5, 0.6) is 0 Å². The molecule has 2 rings (SSSR count). The quantitative estimate of drug-likeness (QED) is 0.820. The normalized spacial score (nSPS) is 10.8. The minimum Gasteiger partial charge on any atom is -0.352 e. The molecule has 0 amide bonds. The highest BCUT2D eigenvalue weighted by molar-refractivity contribution is 6.42. The van der Waals surface area contributed by atoms with Crippen LogP contribution in [-0.4, -0.2) is 16.0 Å². The Morgan fingerprint density at radius 1 is 1.10 bits per heavy atom. The Balaban J connectivity index is 2.27. The predicted octanol–water partition coefficient (Wildman–Crippen LogP) is 4.91. The highest BCUT2D eigenvalue weighted by Crippen LogP contribution is 2.27. The van der Waals surface area contributed by atoms with Crippen LogP contribution in [0.15, 0.2) is 24.3 Å². The fraction of sp³-hybridized carbons (Fsp3) is 0.333. The van der Waals surface area contributed by atoms with Gasteiger partial charge in [0.25, 0.3) is 0 Å². The second-order valence-corrected chi connectivity index (χ2v) is 5.79. The maximum Gasteiger partial charge on any atom is 0.225 e. The van der Waals surface area contributed by atoms with Gasteiger partial charge in [0, 0.05) is 23.5 Å². The molecule has 0 aliphatic rings. The van der Waals surface area contributed by atoms with E-state index in [4.69, 9.17) is 23.2 Å². The predicted molar refractivity (Wildman–Crippen MR) is 89.9 cm³/mol. The van der Waals surface area contributed by atoms with Crippen molar-refractivity contribution in [1.29, 1.82) is 0 Å². The molecule has 0 fully saturated rings. The number of halogens is 2. The van der Waals surface area contributed by atoms with Crippen LogP contribution in [-0.2, 0) is 6.42 Å². The Bertz CT molecular complexity index is 629. The molecule has 4 nitrogen and oxygen atoms in total. The first-order valence-corrected chi connectivity index (χ1v) is 7.60. The van der Waals surface area contributed by atoms with Crippen molar-refractivity contribution < 1.29 is 0 Å². The van der Waals surface area contributed by atoms with Crippen molar-refractivity contribution in [1.82, 2.24) is 9.97 Å².